The lowest BCUT2D eigenvalue weighted by Crippen LogP contribution is -2.20. The summed E-state index contributed by atoms with van der Waals surface area (Å²) in [5.41, 5.74) is 1.59. The minimum atomic E-state index is -0.819. The highest BCUT2D eigenvalue weighted by Gasteiger charge is 2.25. The molecule has 2 heterocycles. The smallest absolute Gasteiger partial charge is 0.303 e. The van der Waals surface area contributed by atoms with Gasteiger partial charge in [0.25, 0.3) is 0 Å². The number of carboxylic acids is 1. The van der Waals surface area contributed by atoms with E-state index in [1.54, 1.807) is 24.4 Å². The second kappa shape index (κ2) is 10.2. The van der Waals surface area contributed by atoms with Crippen molar-refractivity contribution < 1.29 is 23.8 Å². The quantitative estimate of drug-likeness (QED) is 0.670. The van der Waals surface area contributed by atoms with E-state index in [0.29, 0.717) is 42.9 Å². The van der Waals surface area contributed by atoms with Gasteiger partial charge >= 0.3 is 5.97 Å². The lowest BCUT2D eigenvalue weighted by molar-refractivity contribution is -0.136. The first-order chi connectivity index (χ1) is 14.0. The van der Waals surface area contributed by atoms with Crippen molar-refractivity contribution in [3.8, 4) is 11.8 Å². The van der Waals surface area contributed by atoms with Gasteiger partial charge in [-0.3, -0.25) is 4.79 Å². The Morgan fingerprint density at radius 2 is 1.93 bits per heavy atom. The zero-order chi connectivity index (χ0) is 20.6. The van der Waals surface area contributed by atoms with Gasteiger partial charge in [0, 0.05) is 24.8 Å². The number of aliphatic carboxylic acids is 1. The van der Waals surface area contributed by atoms with Gasteiger partial charge in [-0.2, -0.15) is 0 Å². The molecule has 0 aliphatic heterocycles. The minimum absolute atomic E-state index is 0.0873. The molecule has 7 heteroatoms. The van der Waals surface area contributed by atoms with Crippen molar-refractivity contribution in [2.75, 3.05) is 13.2 Å². The Morgan fingerprint density at radius 3 is 2.66 bits per heavy atom. The Morgan fingerprint density at radius 1 is 1.17 bits per heavy atom. The third-order valence-corrected chi connectivity index (χ3v) is 5.33. The Hall–Kier alpha value is -2.70. The standard InChI is InChI=1S/C22H27FN2O4/c1-2-28-21-12-18(19(23)13-25-21)17-6-3-16(4-7-17)14-29-20-11-15(9-10-24-20)5-8-22(26)27/h9-13,16-17H,2-8,14H2,1H3,(H,26,27). The summed E-state index contributed by atoms with van der Waals surface area (Å²) in [4.78, 5) is 18.9. The molecule has 29 heavy (non-hydrogen) atoms. The molecule has 0 atom stereocenters. The fourth-order valence-corrected chi connectivity index (χ4v) is 3.75. The number of rotatable bonds is 9. The number of nitrogens with zero attached hydrogens (tertiary/aromatic N) is 2. The summed E-state index contributed by atoms with van der Waals surface area (Å²) >= 11 is 0. The SMILES string of the molecule is CCOc1cc(C2CCC(COc3cc(CCC(=O)O)ccn3)CC2)c(F)cn1. The zero-order valence-corrected chi connectivity index (χ0v) is 16.6. The van der Waals surface area contributed by atoms with Gasteiger partial charge in [-0.1, -0.05) is 0 Å². The molecule has 0 aromatic carbocycles. The highest BCUT2D eigenvalue weighted by molar-refractivity contribution is 5.67. The molecule has 0 bridgehead atoms. The van der Waals surface area contributed by atoms with Crippen molar-refractivity contribution in [3.05, 3.63) is 47.5 Å². The average molecular weight is 402 g/mol. The molecular formula is C22H27FN2O4. The Balaban J connectivity index is 1.50. The van der Waals surface area contributed by atoms with Crippen molar-refractivity contribution in [2.24, 2.45) is 5.92 Å². The number of carbonyl (C=O) groups is 1. The van der Waals surface area contributed by atoms with Crippen LogP contribution >= 0.6 is 0 Å². The van der Waals surface area contributed by atoms with E-state index in [1.807, 2.05) is 6.92 Å². The highest BCUT2D eigenvalue weighted by atomic mass is 19.1. The van der Waals surface area contributed by atoms with E-state index in [4.69, 9.17) is 14.6 Å². The largest absolute Gasteiger partial charge is 0.481 e. The molecule has 0 unspecified atom stereocenters. The molecular weight excluding hydrogens is 375 g/mol. The molecule has 1 N–H and O–H groups in total. The molecule has 0 saturated heterocycles. The van der Waals surface area contributed by atoms with Crippen LogP contribution in [-0.2, 0) is 11.2 Å². The molecule has 2 aromatic heterocycles. The summed E-state index contributed by atoms with van der Waals surface area (Å²) in [7, 11) is 0. The number of pyridine rings is 2. The average Bonchev–Trinajstić information content (AvgIpc) is 2.73. The third-order valence-electron chi connectivity index (χ3n) is 5.33. The van der Waals surface area contributed by atoms with Crippen LogP contribution in [0.1, 0.15) is 56.1 Å². The van der Waals surface area contributed by atoms with Crippen LogP contribution in [0.5, 0.6) is 11.8 Å². The van der Waals surface area contributed by atoms with Crippen molar-refractivity contribution >= 4 is 5.97 Å². The van der Waals surface area contributed by atoms with Crippen molar-refractivity contribution in [1.29, 1.82) is 0 Å². The van der Waals surface area contributed by atoms with E-state index in [1.165, 1.54) is 6.20 Å². The summed E-state index contributed by atoms with van der Waals surface area (Å²) in [5.74, 6) is 0.480. The topological polar surface area (TPSA) is 81.5 Å². The molecule has 0 spiro atoms. The number of hydrogen-bond donors (Lipinski definition) is 1. The first-order valence-electron chi connectivity index (χ1n) is 10.1. The van der Waals surface area contributed by atoms with E-state index >= 15 is 0 Å². The molecule has 3 rings (SSSR count). The second-order valence-corrected chi connectivity index (χ2v) is 7.40. The van der Waals surface area contributed by atoms with E-state index in [2.05, 4.69) is 9.97 Å². The first-order valence-corrected chi connectivity index (χ1v) is 10.1. The van der Waals surface area contributed by atoms with Crippen LogP contribution in [0.4, 0.5) is 4.39 Å². The molecule has 2 aromatic rings. The van der Waals surface area contributed by atoms with Gasteiger partial charge in [0.2, 0.25) is 11.8 Å². The Bertz CT molecular complexity index is 822. The van der Waals surface area contributed by atoms with Gasteiger partial charge in [0.15, 0.2) is 0 Å². The summed E-state index contributed by atoms with van der Waals surface area (Å²) in [5, 5.41) is 8.80. The highest BCUT2D eigenvalue weighted by Crippen LogP contribution is 2.37. The van der Waals surface area contributed by atoms with E-state index in [-0.39, 0.29) is 18.2 Å². The molecule has 0 amide bonds. The third kappa shape index (κ3) is 6.14. The molecule has 1 saturated carbocycles. The van der Waals surface area contributed by atoms with Gasteiger partial charge in [-0.25, -0.2) is 14.4 Å². The van der Waals surface area contributed by atoms with E-state index < -0.39 is 5.97 Å². The minimum Gasteiger partial charge on any atom is -0.481 e. The number of carboxylic acid groups (broad SMARTS) is 1. The van der Waals surface area contributed by atoms with Gasteiger partial charge in [0.1, 0.15) is 5.82 Å². The molecule has 0 radical (unpaired) electrons. The summed E-state index contributed by atoms with van der Waals surface area (Å²) < 4.78 is 25.5. The molecule has 1 aliphatic rings. The van der Waals surface area contributed by atoms with Crippen LogP contribution in [0, 0.1) is 11.7 Å². The Labute approximate surface area is 170 Å². The fraction of sp³-hybridized carbons (Fsp3) is 0.500. The molecule has 1 aliphatic carbocycles. The zero-order valence-electron chi connectivity index (χ0n) is 16.6. The predicted molar refractivity (Wildman–Crippen MR) is 106 cm³/mol. The van der Waals surface area contributed by atoms with Crippen molar-refractivity contribution in [3.63, 3.8) is 0 Å². The first kappa shape index (κ1) is 21.0. The summed E-state index contributed by atoms with van der Waals surface area (Å²) in [6, 6.07) is 5.34. The van der Waals surface area contributed by atoms with Crippen molar-refractivity contribution in [1.82, 2.24) is 9.97 Å². The summed E-state index contributed by atoms with van der Waals surface area (Å²) in [6.07, 6.45) is 7.14. The Kier molecular flexibility index (Phi) is 7.38. The number of ether oxygens (including phenoxy) is 2. The number of halogens is 1. The monoisotopic (exact) mass is 402 g/mol. The van der Waals surface area contributed by atoms with Crippen LogP contribution in [0.25, 0.3) is 0 Å². The van der Waals surface area contributed by atoms with E-state index in [0.717, 1.165) is 31.2 Å². The maximum Gasteiger partial charge on any atom is 0.303 e. The lowest BCUT2D eigenvalue weighted by Gasteiger charge is -2.28. The molecule has 1 fully saturated rings. The fourth-order valence-electron chi connectivity index (χ4n) is 3.75. The predicted octanol–water partition coefficient (Wildman–Crippen LogP) is 4.38. The number of aryl methyl sites for hydroxylation is 1. The molecule has 156 valence electrons. The van der Waals surface area contributed by atoms with Crippen LogP contribution in [0.2, 0.25) is 0 Å². The van der Waals surface area contributed by atoms with Gasteiger partial charge < -0.3 is 14.6 Å². The van der Waals surface area contributed by atoms with Crippen LogP contribution in [0.3, 0.4) is 0 Å². The van der Waals surface area contributed by atoms with Crippen LogP contribution < -0.4 is 9.47 Å². The second-order valence-electron chi connectivity index (χ2n) is 7.40. The normalized spacial score (nSPS) is 19.0. The van der Waals surface area contributed by atoms with Crippen molar-refractivity contribution in [2.45, 2.75) is 51.4 Å². The van der Waals surface area contributed by atoms with Crippen LogP contribution in [0.15, 0.2) is 30.6 Å². The van der Waals surface area contributed by atoms with E-state index in [9.17, 15) is 9.18 Å². The maximum absolute atomic E-state index is 14.2. The summed E-state index contributed by atoms with van der Waals surface area (Å²) in [6.45, 7) is 2.95. The lowest BCUT2D eigenvalue weighted by atomic mass is 9.79. The van der Waals surface area contributed by atoms with Gasteiger partial charge in [0.05, 0.1) is 19.4 Å². The van der Waals surface area contributed by atoms with Crippen LogP contribution in [-0.4, -0.2) is 34.3 Å². The number of hydrogen-bond acceptors (Lipinski definition) is 5. The molecule has 6 nitrogen and oxygen atoms in total. The van der Waals surface area contributed by atoms with Gasteiger partial charge in [-0.05, 0) is 68.1 Å². The maximum atomic E-state index is 14.2. The number of aromatic nitrogens is 2. The van der Waals surface area contributed by atoms with Gasteiger partial charge in [-0.15, -0.1) is 0 Å².